The molecule has 0 saturated carbocycles. The molecule has 0 bridgehead atoms. The lowest BCUT2D eigenvalue weighted by Gasteiger charge is -2.49. The molecule has 1 aliphatic rings. The van der Waals surface area contributed by atoms with Crippen molar-refractivity contribution < 1.29 is 42.1 Å². The van der Waals surface area contributed by atoms with E-state index < -0.39 is 42.9 Å². The van der Waals surface area contributed by atoms with Crippen LogP contribution in [-0.2, 0) is 38.9 Å². The minimum absolute atomic E-state index is 0.0133. The maximum Gasteiger partial charge on any atom is 0.193 e. The summed E-state index contributed by atoms with van der Waals surface area (Å²) in [5, 5.41) is 12.4. The smallest absolute Gasteiger partial charge is 0.193 e. The lowest BCUT2D eigenvalue weighted by molar-refractivity contribution is -0.336. The summed E-state index contributed by atoms with van der Waals surface area (Å²) in [5.41, 5.74) is 2.43. The Morgan fingerprint density at radius 2 is 1.28 bits per heavy atom. The molecule has 2 rings (SSSR count). The number of aliphatic hydroxyl groups is 1. The zero-order valence-corrected chi connectivity index (χ0v) is 51.2. The molecule has 0 aromatic heterocycles. The number of carbonyl (C=O) groups excluding carboxylic acids is 1. The summed E-state index contributed by atoms with van der Waals surface area (Å²) in [6.45, 7) is 52.1. The predicted molar refractivity (Wildman–Crippen MR) is 292 cm³/mol. The Kier molecular flexibility index (Phi) is 24.2. The molecule has 0 radical (unpaired) electrons. The molecule has 1 heterocycles. The van der Waals surface area contributed by atoms with E-state index in [4.69, 9.17) is 32.2 Å². The van der Waals surface area contributed by atoms with E-state index in [0.717, 1.165) is 35.9 Å². The maximum absolute atomic E-state index is 15.1. The molecule has 0 spiro atoms. The second kappa shape index (κ2) is 26.1. The first-order chi connectivity index (χ1) is 31.2. The van der Waals surface area contributed by atoms with Crippen LogP contribution in [-0.4, -0.2) is 92.0 Å². The summed E-state index contributed by atoms with van der Waals surface area (Å²) in [6, 6.07) is 10.9. The Morgan fingerprint density at radius 3 is 1.75 bits per heavy atom. The molecule has 1 fully saturated rings. The van der Waals surface area contributed by atoms with Crippen molar-refractivity contribution in [2.24, 2.45) is 35.5 Å². The number of hydrogen-bond donors (Lipinski definition) is 1. The fraction of sp³-hybridized carbons (Fsp3) is 0.839. The van der Waals surface area contributed by atoms with Crippen molar-refractivity contribution in [2.45, 2.75) is 254 Å². The van der Waals surface area contributed by atoms with Crippen LogP contribution in [0.4, 0.5) is 0 Å². The van der Waals surface area contributed by atoms with Crippen LogP contribution < -0.4 is 4.74 Å². The number of hydrogen-bond acceptors (Lipinski definition) is 9. The second-order valence-corrected chi connectivity index (χ2v) is 39.0. The molecule has 1 aromatic carbocycles. The molecule has 68 heavy (non-hydrogen) atoms. The van der Waals surface area contributed by atoms with Crippen molar-refractivity contribution in [3.05, 3.63) is 41.5 Å². The van der Waals surface area contributed by atoms with Crippen molar-refractivity contribution >= 4 is 30.7 Å². The van der Waals surface area contributed by atoms with Gasteiger partial charge in [-0.2, -0.15) is 0 Å². The number of carbonyl (C=O) groups is 1. The maximum atomic E-state index is 15.1. The van der Waals surface area contributed by atoms with Gasteiger partial charge in [0, 0.05) is 30.1 Å². The third-order valence-corrected chi connectivity index (χ3v) is 30.4. The van der Waals surface area contributed by atoms with Crippen LogP contribution in [0.3, 0.4) is 0 Å². The average molecular weight is 1010 g/mol. The highest BCUT2D eigenvalue weighted by atomic mass is 28.4. The molecule has 1 N–H and O–H groups in total. The minimum atomic E-state index is -2.45. The van der Waals surface area contributed by atoms with Gasteiger partial charge in [-0.15, -0.1) is 0 Å². The number of Topliss-reactive ketones (excluding diaryl/α,β-unsaturated/α-hetero) is 1. The number of ketones is 1. The van der Waals surface area contributed by atoms with Crippen molar-refractivity contribution in [3.63, 3.8) is 0 Å². The Balaban J connectivity index is 2.54. The van der Waals surface area contributed by atoms with Gasteiger partial charge in [-0.3, -0.25) is 4.79 Å². The SMILES string of the molecule is C/C=C(\C)C[C@H](C)[C@H](O[Si](C)(C)C(C)(C)C)[C@@H](C)[C@@H](O[Si](CC)(CC)CC)[C@H](C)[C@H](O)CC(=O)[C@H](C[C@H](C)[C@@H]1OC(C)(C)O[C@@H]([C@@H](C)COCc2ccc(OC)cc2)[C@@H]1C)O[Si](C)(C)C(C)(C)C. The molecule has 1 saturated heterocycles. The van der Waals surface area contributed by atoms with Crippen molar-refractivity contribution in [2.75, 3.05) is 13.7 Å². The third-order valence-electron chi connectivity index (χ3n) is 16.8. The van der Waals surface area contributed by atoms with E-state index in [1.807, 2.05) is 38.1 Å². The molecular formula is C56H106O9Si3. The van der Waals surface area contributed by atoms with Gasteiger partial charge in [-0.25, -0.2) is 0 Å². The van der Waals surface area contributed by atoms with Gasteiger partial charge in [0.2, 0.25) is 0 Å². The summed E-state index contributed by atoms with van der Waals surface area (Å²) in [6.07, 6.45) is 1.24. The van der Waals surface area contributed by atoms with Crippen LogP contribution in [0.1, 0.15) is 156 Å². The van der Waals surface area contributed by atoms with Gasteiger partial charge in [0.25, 0.3) is 0 Å². The Bertz CT molecular complexity index is 1670. The molecule has 0 aliphatic carbocycles. The molecule has 396 valence electrons. The molecule has 1 aromatic rings. The summed E-state index contributed by atoms with van der Waals surface area (Å²) in [7, 11) is -5.19. The van der Waals surface area contributed by atoms with Crippen LogP contribution in [0.2, 0.25) is 54.4 Å². The van der Waals surface area contributed by atoms with E-state index in [1.54, 1.807) is 7.11 Å². The summed E-state index contributed by atoms with van der Waals surface area (Å²) in [5.74, 6) is -0.133. The number of aliphatic hydroxyl groups excluding tert-OH is 1. The molecule has 12 atom stereocenters. The van der Waals surface area contributed by atoms with E-state index in [2.05, 4.69) is 150 Å². The highest BCUT2D eigenvalue weighted by Crippen LogP contribution is 2.44. The number of ether oxygens (including phenoxy) is 4. The number of allylic oxidation sites excluding steroid dienone is 2. The topological polar surface area (TPSA) is 102 Å². The highest BCUT2D eigenvalue weighted by Gasteiger charge is 2.49. The number of methoxy groups -OCH3 is 1. The van der Waals surface area contributed by atoms with Crippen molar-refractivity contribution in [1.29, 1.82) is 0 Å². The number of benzene rings is 1. The Labute approximate surface area is 421 Å². The van der Waals surface area contributed by atoms with Crippen LogP contribution in [0.25, 0.3) is 0 Å². The lowest BCUT2D eigenvalue weighted by Crippen LogP contribution is -2.55. The van der Waals surface area contributed by atoms with E-state index in [0.29, 0.717) is 19.6 Å². The fourth-order valence-electron chi connectivity index (χ4n) is 9.69. The number of rotatable bonds is 28. The average Bonchev–Trinajstić information content (AvgIpc) is 3.25. The second-order valence-electron chi connectivity index (χ2n) is 24.8. The van der Waals surface area contributed by atoms with Gasteiger partial charge in [0.15, 0.2) is 36.5 Å². The Hall–Kier alpha value is -1.20. The van der Waals surface area contributed by atoms with Gasteiger partial charge < -0.3 is 37.3 Å². The van der Waals surface area contributed by atoms with Crippen LogP contribution in [0.15, 0.2) is 35.9 Å². The summed E-state index contributed by atoms with van der Waals surface area (Å²) < 4.78 is 47.1. The molecule has 1 aliphatic heterocycles. The summed E-state index contributed by atoms with van der Waals surface area (Å²) >= 11 is 0. The normalized spacial score (nSPS) is 23.0. The third kappa shape index (κ3) is 17.5. The molecule has 9 nitrogen and oxygen atoms in total. The van der Waals surface area contributed by atoms with Gasteiger partial charge in [-0.05, 0) is 124 Å². The van der Waals surface area contributed by atoms with Gasteiger partial charge >= 0.3 is 0 Å². The zero-order valence-electron chi connectivity index (χ0n) is 48.2. The van der Waals surface area contributed by atoms with Gasteiger partial charge in [0.05, 0.1) is 50.8 Å². The Morgan fingerprint density at radius 1 is 0.779 bits per heavy atom. The van der Waals surface area contributed by atoms with E-state index in [9.17, 15) is 5.11 Å². The fourth-order valence-corrected chi connectivity index (χ4v) is 15.5. The molecule has 0 unspecified atom stereocenters. The van der Waals surface area contributed by atoms with Crippen molar-refractivity contribution in [3.8, 4) is 5.75 Å². The lowest BCUT2D eigenvalue weighted by atomic mass is 9.79. The molecule has 12 heteroatoms. The first-order valence-corrected chi connectivity index (χ1v) is 34.9. The first-order valence-electron chi connectivity index (χ1n) is 26.6. The van der Waals surface area contributed by atoms with E-state index in [-0.39, 0.29) is 82.2 Å². The van der Waals surface area contributed by atoms with E-state index in [1.165, 1.54) is 5.57 Å². The highest BCUT2D eigenvalue weighted by molar-refractivity contribution is 6.74. The van der Waals surface area contributed by atoms with Crippen LogP contribution in [0, 0.1) is 35.5 Å². The minimum Gasteiger partial charge on any atom is -0.497 e. The van der Waals surface area contributed by atoms with Crippen LogP contribution >= 0.6 is 0 Å². The monoisotopic (exact) mass is 1010 g/mol. The largest absolute Gasteiger partial charge is 0.497 e. The van der Waals surface area contributed by atoms with Gasteiger partial charge in [0.1, 0.15) is 11.9 Å². The van der Waals surface area contributed by atoms with Crippen molar-refractivity contribution in [1.82, 2.24) is 0 Å². The zero-order chi connectivity index (χ0) is 52.4. The van der Waals surface area contributed by atoms with Crippen LogP contribution in [0.5, 0.6) is 5.75 Å². The quantitative estimate of drug-likeness (QED) is 0.0649. The predicted octanol–water partition coefficient (Wildman–Crippen LogP) is 14.8. The first kappa shape index (κ1) is 62.9. The van der Waals surface area contributed by atoms with E-state index >= 15 is 4.79 Å². The van der Waals surface area contributed by atoms with Gasteiger partial charge in [-0.1, -0.05) is 128 Å². The standard InChI is InChI=1S/C56H106O9Si3/c1-25-38(5)33-39(6)52(64-67(23,24)55(15,16)17)44(11)53(65-68(26-2,27-3)28-4)42(9)47(57)35-48(58)49(63-66(21,22)54(12,13)14)34-40(7)50-43(10)51(62-56(18,19)61-50)41(8)36-60-37-45-29-31-46(59-20)32-30-45/h25,29-32,39-44,47,49-53,57H,26-28,33-37H2,1-24H3/b38-25+/t39-,40-,41-,42+,43+,44+,47+,49-,50-,51-,52-,53-/m0/s1. The summed E-state index contributed by atoms with van der Waals surface area (Å²) in [4.78, 5) is 15.1. The molecule has 0 amide bonds. The molecular weight excluding hydrogens is 901 g/mol.